The minimum Gasteiger partial charge on any atom is -0.501 e. The van der Waals surface area contributed by atoms with Crippen molar-refractivity contribution in [3.05, 3.63) is 71.1 Å². The topological polar surface area (TPSA) is 82.1 Å². The highest BCUT2D eigenvalue weighted by Gasteiger charge is 2.22. The summed E-state index contributed by atoms with van der Waals surface area (Å²) in [6.45, 7) is 10.7. The lowest BCUT2D eigenvalue weighted by atomic mass is 10.0. The molecule has 8 nitrogen and oxygen atoms in total. The van der Waals surface area contributed by atoms with Gasteiger partial charge in [-0.05, 0) is 36.2 Å². The van der Waals surface area contributed by atoms with E-state index >= 15 is 4.39 Å². The number of fused-ring (bicyclic) bond motifs is 1. The molecular formula is C28H25FN4O4. The molecule has 0 radical (unpaired) electrons. The van der Waals surface area contributed by atoms with Crippen LogP contribution in [0.15, 0.2) is 47.1 Å². The van der Waals surface area contributed by atoms with Crippen LogP contribution in [0.25, 0.3) is 38.5 Å². The molecule has 4 aromatic rings. The van der Waals surface area contributed by atoms with Crippen LogP contribution in [0.4, 0.5) is 10.1 Å². The van der Waals surface area contributed by atoms with Crippen molar-refractivity contribution in [3.63, 3.8) is 0 Å². The summed E-state index contributed by atoms with van der Waals surface area (Å²) in [6, 6.07) is 8.45. The second kappa shape index (κ2) is 9.99. The maximum absolute atomic E-state index is 15.1. The zero-order valence-electron chi connectivity index (χ0n) is 20.7. The normalized spacial score (nSPS) is 13.9. The molecule has 1 amide bonds. The molecule has 37 heavy (non-hydrogen) atoms. The van der Waals surface area contributed by atoms with E-state index in [1.54, 1.807) is 44.4 Å². The van der Waals surface area contributed by atoms with Crippen LogP contribution in [0, 0.1) is 19.3 Å². The number of hydrogen-bond acceptors (Lipinski definition) is 6. The summed E-state index contributed by atoms with van der Waals surface area (Å²) in [7, 11) is 3.35. The second-order valence-corrected chi connectivity index (χ2v) is 9.12. The molecule has 0 aliphatic carbocycles. The van der Waals surface area contributed by atoms with Gasteiger partial charge in [-0.25, -0.2) is 14.2 Å². The molecule has 1 aliphatic rings. The third-order valence-electron chi connectivity index (χ3n) is 6.29. The van der Waals surface area contributed by atoms with Crippen LogP contribution >= 0.6 is 0 Å². The van der Waals surface area contributed by atoms with Crippen molar-refractivity contribution in [1.82, 2.24) is 14.9 Å². The Bertz CT molecular complexity index is 1530. The number of rotatable bonds is 5. The molecule has 0 spiro atoms. The van der Waals surface area contributed by atoms with Gasteiger partial charge in [0.15, 0.2) is 17.2 Å². The Kier molecular flexibility index (Phi) is 6.59. The zero-order chi connectivity index (χ0) is 26.1. The number of benzene rings is 1. The average Bonchev–Trinajstić information content (AvgIpc) is 3.33. The van der Waals surface area contributed by atoms with Crippen molar-refractivity contribution in [2.45, 2.75) is 25.9 Å². The first-order valence-electron chi connectivity index (χ1n) is 11.9. The summed E-state index contributed by atoms with van der Waals surface area (Å²) in [6.07, 6.45) is 4.12. The number of amides is 1. The van der Waals surface area contributed by atoms with Gasteiger partial charge in [-0.1, -0.05) is 6.07 Å². The molecule has 1 saturated heterocycles. The van der Waals surface area contributed by atoms with Crippen molar-refractivity contribution in [1.29, 1.82) is 0 Å². The standard InChI is InChI=1S/C28H25FN4O4/c1-16-11-18(28(34)33(3)4)14-32-26(16)24-13-22-27(37-24)25(20(29)15-31-22)17-5-6-23(21(12-17)30-2)36-19-7-9-35-10-8-19/h5-6,11-15,19H,7-10H2,1,3-4H3. The van der Waals surface area contributed by atoms with Crippen molar-refractivity contribution >= 4 is 22.7 Å². The molecule has 3 aromatic heterocycles. The molecule has 0 atom stereocenters. The molecule has 4 heterocycles. The average molecular weight is 501 g/mol. The third-order valence-corrected chi connectivity index (χ3v) is 6.29. The highest BCUT2D eigenvalue weighted by Crippen LogP contribution is 2.39. The van der Waals surface area contributed by atoms with E-state index in [0.717, 1.165) is 24.6 Å². The number of aryl methyl sites for hydroxylation is 1. The maximum Gasteiger partial charge on any atom is 0.254 e. The summed E-state index contributed by atoms with van der Waals surface area (Å²) in [5, 5.41) is 0. The van der Waals surface area contributed by atoms with E-state index in [1.807, 2.05) is 6.92 Å². The van der Waals surface area contributed by atoms with Crippen LogP contribution in [0.5, 0.6) is 5.75 Å². The number of carbonyl (C=O) groups excluding carboxylic acids is 1. The Labute approximate surface area is 213 Å². The summed E-state index contributed by atoms with van der Waals surface area (Å²) in [4.78, 5) is 26.0. The Morgan fingerprint density at radius 1 is 1.16 bits per heavy atom. The molecule has 9 heteroatoms. The van der Waals surface area contributed by atoms with Crippen LogP contribution in [-0.4, -0.2) is 54.2 Å². The van der Waals surface area contributed by atoms with Crippen LogP contribution < -0.4 is 4.74 Å². The molecule has 188 valence electrons. The van der Waals surface area contributed by atoms with E-state index in [1.165, 1.54) is 11.1 Å². The zero-order valence-corrected chi connectivity index (χ0v) is 20.7. The van der Waals surface area contributed by atoms with Crippen LogP contribution in [0.1, 0.15) is 28.8 Å². The van der Waals surface area contributed by atoms with E-state index in [-0.39, 0.29) is 23.2 Å². The van der Waals surface area contributed by atoms with Gasteiger partial charge >= 0.3 is 0 Å². The largest absolute Gasteiger partial charge is 0.501 e. The van der Waals surface area contributed by atoms with E-state index in [0.29, 0.717) is 52.7 Å². The number of furan rings is 1. The van der Waals surface area contributed by atoms with E-state index in [4.69, 9.17) is 20.5 Å². The molecule has 0 unspecified atom stereocenters. The van der Waals surface area contributed by atoms with Crippen LogP contribution in [-0.2, 0) is 4.74 Å². The molecule has 0 saturated carbocycles. The number of ether oxygens (including phenoxy) is 2. The van der Waals surface area contributed by atoms with Gasteiger partial charge in [0.25, 0.3) is 5.91 Å². The van der Waals surface area contributed by atoms with Gasteiger partial charge in [0.05, 0.1) is 37.1 Å². The maximum atomic E-state index is 15.1. The summed E-state index contributed by atoms with van der Waals surface area (Å²) >= 11 is 0. The minimum absolute atomic E-state index is 0.0211. The van der Waals surface area contributed by atoms with Crippen molar-refractivity contribution in [3.8, 4) is 28.3 Å². The first kappa shape index (κ1) is 24.4. The van der Waals surface area contributed by atoms with Gasteiger partial charge in [0.2, 0.25) is 5.69 Å². The number of pyridine rings is 2. The monoisotopic (exact) mass is 500 g/mol. The van der Waals surface area contributed by atoms with Crippen molar-refractivity contribution < 1.29 is 23.1 Å². The number of carbonyl (C=O) groups is 1. The first-order chi connectivity index (χ1) is 17.9. The SMILES string of the molecule is [C-]#[N+]c1cc(-c2c(F)cnc3cc(-c4ncc(C(=O)N(C)C)cc4C)oc23)ccc1OC1CCOCC1. The van der Waals surface area contributed by atoms with E-state index < -0.39 is 5.82 Å². The smallest absolute Gasteiger partial charge is 0.254 e. The van der Waals surface area contributed by atoms with Crippen LogP contribution in [0.2, 0.25) is 0 Å². The Morgan fingerprint density at radius 3 is 2.65 bits per heavy atom. The van der Waals surface area contributed by atoms with Gasteiger partial charge < -0.3 is 18.8 Å². The molecule has 5 rings (SSSR count). The quantitative estimate of drug-likeness (QED) is 0.322. The summed E-state index contributed by atoms with van der Waals surface area (Å²) in [5.41, 5.74) is 3.40. The Balaban J connectivity index is 1.53. The number of hydrogen-bond donors (Lipinski definition) is 0. The van der Waals surface area contributed by atoms with Crippen molar-refractivity contribution in [2.75, 3.05) is 27.3 Å². The fourth-order valence-electron chi connectivity index (χ4n) is 4.38. The predicted octanol–water partition coefficient (Wildman–Crippen LogP) is 5.81. The fraction of sp³-hybridized carbons (Fsp3) is 0.286. The molecule has 0 bridgehead atoms. The van der Waals surface area contributed by atoms with Gasteiger partial charge in [-0.15, -0.1) is 0 Å². The summed E-state index contributed by atoms with van der Waals surface area (Å²) in [5.74, 6) is 0.140. The minimum atomic E-state index is -0.570. The van der Waals surface area contributed by atoms with Gasteiger partial charge in [-0.3, -0.25) is 9.78 Å². The highest BCUT2D eigenvalue weighted by molar-refractivity contribution is 5.95. The lowest BCUT2D eigenvalue weighted by molar-refractivity contribution is 0.0259. The van der Waals surface area contributed by atoms with E-state index in [2.05, 4.69) is 14.8 Å². The number of halogens is 1. The van der Waals surface area contributed by atoms with Crippen LogP contribution in [0.3, 0.4) is 0 Å². The Hall–Kier alpha value is -4.29. The molecule has 1 fully saturated rings. The van der Waals surface area contributed by atoms with Gasteiger partial charge in [-0.2, -0.15) is 0 Å². The lowest BCUT2D eigenvalue weighted by Crippen LogP contribution is -2.25. The molecular weight excluding hydrogens is 475 g/mol. The lowest BCUT2D eigenvalue weighted by Gasteiger charge is -2.24. The Morgan fingerprint density at radius 2 is 1.95 bits per heavy atom. The number of aromatic nitrogens is 2. The molecule has 1 aliphatic heterocycles. The predicted molar refractivity (Wildman–Crippen MR) is 136 cm³/mol. The fourth-order valence-corrected chi connectivity index (χ4v) is 4.38. The third kappa shape index (κ3) is 4.76. The van der Waals surface area contributed by atoms with Crippen molar-refractivity contribution in [2.24, 2.45) is 0 Å². The van der Waals surface area contributed by atoms with Gasteiger partial charge in [0, 0.05) is 39.2 Å². The molecule has 0 N–H and O–H groups in total. The first-order valence-corrected chi connectivity index (χ1v) is 11.9. The molecule has 1 aromatic carbocycles. The van der Waals surface area contributed by atoms with E-state index in [9.17, 15) is 4.79 Å². The number of nitrogens with zero attached hydrogens (tertiary/aromatic N) is 4. The highest BCUT2D eigenvalue weighted by atomic mass is 19.1. The second-order valence-electron chi connectivity index (χ2n) is 9.12. The summed E-state index contributed by atoms with van der Waals surface area (Å²) < 4.78 is 32.6. The van der Waals surface area contributed by atoms with Gasteiger partial charge in [0.1, 0.15) is 23.1 Å².